The van der Waals surface area contributed by atoms with Gasteiger partial charge in [-0.3, -0.25) is 8.80 Å². The number of rotatable bonds is 5. The van der Waals surface area contributed by atoms with Crippen molar-refractivity contribution < 1.29 is 28.2 Å². The first-order valence-electron chi connectivity index (χ1n) is 12.8. The van der Waals surface area contributed by atoms with Gasteiger partial charge in [0, 0.05) is 23.6 Å². The normalized spacial score (nSPS) is 12.2. The number of hydrogen-bond donors (Lipinski definition) is 4. The number of aromatic nitrogens is 4. The molecule has 1 aromatic carbocycles. The highest BCUT2D eigenvalue weighted by Gasteiger charge is 2.27. The summed E-state index contributed by atoms with van der Waals surface area (Å²) in [6, 6.07) is 13.1. The van der Waals surface area contributed by atoms with Crippen molar-refractivity contribution in [2.75, 3.05) is 11.9 Å². The van der Waals surface area contributed by atoms with Gasteiger partial charge < -0.3 is 20.8 Å². The van der Waals surface area contributed by atoms with Gasteiger partial charge in [-0.25, -0.2) is 14.8 Å². The number of amides is 2. The largest absolute Gasteiger partial charge is 0.405 e. The van der Waals surface area contributed by atoms with Gasteiger partial charge >= 0.3 is 12.2 Å². The minimum Gasteiger partial charge on any atom is -0.386 e. The summed E-state index contributed by atoms with van der Waals surface area (Å²) in [5, 5.41) is 24.1. The Morgan fingerprint density at radius 1 is 0.881 bits per heavy atom. The molecule has 0 spiro atoms. The van der Waals surface area contributed by atoms with E-state index in [-0.39, 0.29) is 0 Å². The molecule has 4 aromatic heterocycles. The van der Waals surface area contributed by atoms with Gasteiger partial charge in [-0.05, 0) is 97.8 Å². The molecule has 0 fully saturated rings. The molecular formula is C29H30F3IN6O3. The molecule has 9 nitrogen and oxygen atoms in total. The summed E-state index contributed by atoms with van der Waals surface area (Å²) in [6.07, 6.45) is 2.69. The van der Waals surface area contributed by atoms with E-state index in [9.17, 15) is 28.2 Å². The van der Waals surface area contributed by atoms with Crippen molar-refractivity contribution in [1.82, 2.24) is 24.1 Å². The highest BCUT2D eigenvalue weighted by atomic mass is 127. The third-order valence-electron chi connectivity index (χ3n) is 6.26. The third-order valence-corrected chi connectivity index (χ3v) is 7.06. The average molecular weight is 694 g/mol. The summed E-state index contributed by atoms with van der Waals surface area (Å²) in [6.45, 7) is 5.50. The number of carbonyl (C=O) groups excluding carboxylic acids is 1. The van der Waals surface area contributed by atoms with Crippen LogP contribution in [0.5, 0.6) is 0 Å². The van der Waals surface area contributed by atoms with Crippen LogP contribution in [-0.4, -0.2) is 47.7 Å². The number of hydrogen-bond acceptors (Lipinski definition) is 5. The summed E-state index contributed by atoms with van der Waals surface area (Å²) in [7, 11) is 0. The second kappa shape index (κ2) is 11.9. The van der Waals surface area contributed by atoms with E-state index in [1.807, 2.05) is 33.3 Å². The molecule has 0 saturated heterocycles. The van der Waals surface area contributed by atoms with Gasteiger partial charge in [0.25, 0.3) is 0 Å². The minimum absolute atomic E-state index is 0.347. The summed E-state index contributed by atoms with van der Waals surface area (Å²) in [4.78, 5) is 20.2. The van der Waals surface area contributed by atoms with E-state index in [4.69, 9.17) is 0 Å². The van der Waals surface area contributed by atoms with Crippen molar-refractivity contribution >= 4 is 45.6 Å². The highest BCUT2D eigenvalue weighted by Crippen LogP contribution is 2.27. The van der Waals surface area contributed by atoms with Crippen LogP contribution in [0.25, 0.3) is 22.6 Å². The molecule has 0 bridgehead atoms. The fraction of sp³-hybridized carbons (Fsp3) is 0.276. The first-order valence-corrected chi connectivity index (χ1v) is 13.9. The molecule has 0 aliphatic rings. The Kier molecular flexibility index (Phi) is 8.85. The van der Waals surface area contributed by atoms with E-state index in [1.54, 1.807) is 81.8 Å². The second-order valence-corrected chi connectivity index (χ2v) is 11.7. The second-order valence-electron chi connectivity index (χ2n) is 10.6. The van der Waals surface area contributed by atoms with Gasteiger partial charge in [0.15, 0.2) is 0 Å². The molecule has 2 amide bonds. The average Bonchev–Trinajstić information content (AvgIpc) is 3.49. The number of anilines is 1. The van der Waals surface area contributed by atoms with E-state index in [2.05, 4.69) is 37.9 Å². The van der Waals surface area contributed by atoms with E-state index >= 15 is 0 Å². The summed E-state index contributed by atoms with van der Waals surface area (Å²) >= 11 is 2.22. The molecule has 222 valence electrons. The number of imidazole rings is 2. The lowest BCUT2D eigenvalue weighted by molar-refractivity contribution is -0.122. The number of nitrogens with zero attached hydrogens (tertiary/aromatic N) is 4. The number of alkyl halides is 3. The zero-order chi connectivity index (χ0) is 30.9. The van der Waals surface area contributed by atoms with Crippen LogP contribution in [0.4, 0.5) is 23.7 Å². The summed E-state index contributed by atoms with van der Waals surface area (Å²) in [5.74, 6) is 0. The first kappa shape index (κ1) is 31.3. The summed E-state index contributed by atoms with van der Waals surface area (Å²) in [5.41, 5.74) is 3.10. The smallest absolute Gasteiger partial charge is 0.386 e. The topological polar surface area (TPSA) is 116 Å². The van der Waals surface area contributed by atoms with Crippen LogP contribution in [0.1, 0.15) is 38.8 Å². The van der Waals surface area contributed by atoms with Crippen LogP contribution >= 0.6 is 22.6 Å². The molecule has 5 rings (SSSR count). The summed E-state index contributed by atoms with van der Waals surface area (Å²) < 4.78 is 41.4. The Morgan fingerprint density at radius 3 is 2.05 bits per heavy atom. The SMILES string of the molecule is CC(C)(O)c1ccn2c(-c3cccc(NC(=O)NCC(F)(F)F)c3)cnc2c1.CC(C)(O)c1ccn2c(I)cnc2c1. The van der Waals surface area contributed by atoms with Gasteiger partial charge in [0.1, 0.15) is 21.5 Å². The maximum absolute atomic E-state index is 12.2. The van der Waals surface area contributed by atoms with Crippen molar-refractivity contribution in [3.05, 3.63) is 88.1 Å². The molecule has 0 unspecified atom stereocenters. The Balaban J connectivity index is 0.000000241. The van der Waals surface area contributed by atoms with Crippen LogP contribution in [0.15, 0.2) is 73.3 Å². The molecular weight excluding hydrogens is 664 g/mol. The molecule has 0 saturated carbocycles. The Labute approximate surface area is 253 Å². The first-order chi connectivity index (χ1) is 19.5. The lowest BCUT2D eigenvalue weighted by Crippen LogP contribution is -2.36. The number of nitrogens with one attached hydrogen (secondary N) is 2. The van der Waals surface area contributed by atoms with E-state index in [0.717, 1.165) is 26.2 Å². The predicted octanol–water partition coefficient (Wildman–Crippen LogP) is 6.08. The van der Waals surface area contributed by atoms with E-state index in [0.29, 0.717) is 16.9 Å². The highest BCUT2D eigenvalue weighted by molar-refractivity contribution is 14.1. The van der Waals surface area contributed by atoms with Crippen molar-refractivity contribution in [1.29, 1.82) is 0 Å². The van der Waals surface area contributed by atoms with E-state index in [1.165, 1.54) is 0 Å². The zero-order valence-electron chi connectivity index (χ0n) is 23.2. The molecule has 4 heterocycles. The molecule has 0 radical (unpaired) electrons. The maximum Gasteiger partial charge on any atom is 0.405 e. The maximum atomic E-state index is 12.2. The molecule has 0 aliphatic carbocycles. The van der Waals surface area contributed by atoms with Gasteiger partial charge in [0.2, 0.25) is 0 Å². The number of halogens is 4. The number of pyridine rings is 2. The van der Waals surface area contributed by atoms with Crippen LogP contribution in [-0.2, 0) is 11.2 Å². The minimum atomic E-state index is -4.47. The molecule has 0 atom stereocenters. The van der Waals surface area contributed by atoms with Crippen molar-refractivity contribution in [3.63, 3.8) is 0 Å². The van der Waals surface area contributed by atoms with Crippen LogP contribution in [0.3, 0.4) is 0 Å². The lowest BCUT2D eigenvalue weighted by atomic mass is 10.00. The number of benzene rings is 1. The zero-order valence-corrected chi connectivity index (χ0v) is 25.4. The van der Waals surface area contributed by atoms with Crippen LogP contribution in [0, 0.1) is 3.70 Å². The fourth-order valence-corrected chi connectivity index (χ4v) is 4.56. The Bertz CT molecular complexity index is 1720. The number of aliphatic hydroxyl groups is 2. The van der Waals surface area contributed by atoms with Gasteiger partial charge in [-0.15, -0.1) is 0 Å². The Hall–Kier alpha value is -3.69. The molecule has 4 N–H and O–H groups in total. The van der Waals surface area contributed by atoms with Crippen molar-refractivity contribution in [2.45, 2.75) is 45.1 Å². The number of urea groups is 1. The van der Waals surface area contributed by atoms with Crippen molar-refractivity contribution in [3.8, 4) is 11.3 Å². The quantitative estimate of drug-likeness (QED) is 0.167. The van der Waals surface area contributed by atoms with Gasteiger partial charge in [0.05, 0.1) is 29.3 Å². The standard InChI is InChI=1S/C19H19F3N4O2.C10H11IN2O/c1-18(2,28)13-6-7-26-15(10-23-16(26)9-13)12-4-3-5-14(8-12)25-17(27)24-11-19(20,21)22;1-10(2,14)7-3-4-13-8(11)6-12-9(13)5-7/h3-10,28H,11H2,1-2H3,(H2,24,25,27);3-6,14H,1-2H3. The van der Waals surface area contributed by atoms with Crippen LogP contribution in [0.2, 0.25) is 0 Å². The third kappa shape index (κ3) is 7.77. The fourth-order valence-electron chi connectivity index (χ4n) is 4.02. The van der Waals surface area contributed by atoms with Crippen LogP contribution < -0.4 is 10.6 Å². The molecule has 42 heavy (non-hydrogen) atoms. The number of fused-ring (bicyclic) bond motifs is 2. The van der Waals surface area contributed by atoms with Gasteiger partial charge in [-0.1, -0.05) is 12.1 Å². The lowest BCUT2D eigenvalue weighted by Gasteiger charge is -2.17. The Morgan fingerprint density at radius 2 is 1.45 bits per heavy atom. The van der Waals surface area contributed by atoms with E-state index < -0.39 is 30.0 Å². The molecule has 5 aromatic rings. The molecule has 13 heteroatoms. The molecule has 0 aliphatic heterocycles. The van der Waals surface area contributed by atoms with Crippen molar-refractivity contribution in [2.24, 2.45) is 0 Å². The monoisotopic (exact) mass is 694 g/mol. The number of carbonyl (C=O) groups is 1. The predicted molar refractivity (Wildman–Crippen MR) is 162 cm³/mol. The van der Waals surface area contributed by atoms with Gasteiger partial charge in [-0.2, -0.15) is 13.2 Å².